The quantitative estimate of drug-likeness (QED) is 0.280. The van der Waals surface area contributed by atoms with E-state index in [1.807, 2.05) is 43.3 Å². The van der Waals surface area contributed by atoms with Gasteiger partial charge in [0.1, 0.15) is 5.03 Å². The molecule has 6 nitrogen and oxygen atoms in total. The number of carbonyl (C=O) groups excluding carboxylic acids is 1. The maximum atomic E-state index is 12.2. The van der Waals surface area contributed by atoms with E-state index in [-0.39, 0.29) is 17.2 Å². The van der Waals surface area contributed by atoms with Crippen molar-refractivity contribution in [3.05, 3.63) is 81.9 Å². The molecular formula is C19H15N3O3S. The van der Waals surface area contributed by atoms with Crippen LogP contribution in [0.2, 0.25) is 0 Å². The summed E-state index contributed by atoms with van der Waals surface area (Å²) in [7, 11) is 0. The second-order valence-electron chi connectivity index (χ2n) is 5.59. The van der Waals surface area contributed by atoms with Crippen LogP contribution in [0.1, 0.15) is 15.9 Å². The van der Waals surface area contributed by atoms with E-state index in [4.69, 9.17) is 0 Å². The van der Waals surface area contributed by atoms with Gasteiger partial charge in [-0.25, -0.2) is 0 Å². The van der Waals surface area contributed by atoms with E-state index in [0.29, 0.717) is 10.6 Å². The molecule has 0 spiro atoms. The Morgan fingerprint density at radius 2 is 1.88 bits per heavy atom. The first-order valence-electron chi connectivity index (χ1n) is 7.85. The van der Waals surface area contributed by atoms with Crippen molar-refractivity contribution in [3.63, 3.8) is 0 Å². The van der Waals surface area contributed by atoms with Crippen LogP contribution in [-0.4, -0.2) is 26.7 Å². The lowest BCUT2D eigenvalue weighted by Crippen LogP contribution is -2.03. The van der Waals surface area contributed by atoms with E-state index in [9.17, 15) is 14.9 Å². The SMILES string of the molecule is Cc1ccccc1-c1ccc(SCC(=O)c2cccc([N+](=O)[O-])c2)nn1. The van der Waals surface area contributed by atoms with E-state index in [1.165, 1.54) is 30.0 Å². The van der Waals surface area contributed by atoms with Gasteiger partial charge in [0.05, 0.1) is 16.4 Å². The number of benzene rings is 2. The van der Waals surface area contributed by atoms with Crippen LogP contribution >= 0.6 is 11.8 Å². The van der Waals surface area contributed by atoms with Gasteiger partial charge in [0.2, 0.25) is 0 Å². The molecule has 3 aromatic rings. The molecule has 7 heteroatoms. The summed E-state index contributed by atoms with van der Waals surface area (Å²) in [5.74, 6) is -0.0528. The minimum atomic E-state index is -0.514. The Hall–Kier alpha value is -3.06. The van der Waals surface area contributed by atoms with Crippen molar-refractivity contribution >= 4 is 23.2 Å². The topological polar surface area (TPSA) is 86.0 Å². The number of ketones is 1. The number of nitro benzene ring substituents is 1. The summed E-state index contributed by atoms with van der Waals surface area (Å²) in [5.41, 5.74) is 3.13. The van der Waals surface area contributed by atoms with E-state index < -0.39 is 4.92 Å². The molecule has 0 aliphatic carbocycles. The Labute approximate surface area is 154 Å². The molecular weight excluding hydrogens is 350 g/mol. The van der Waals surface area contributed by atoms with Gasteiger partial charge < -0.3 is 0 Å². The fourth-order valence-corrected chi connectivity index (χ4v) is 3.13. The minimum Gasteiger partial charge on any atom is -0.293 e. The average molecular weight is 365 g/mol. The molecule has 1 aromatic heterocycles. The molecule has 0 N–H and O–H groups in total. The number of rotatable bonds is 6. The van der Waals surface area contributed by atoms with Crippen LogP contribution in [0.5, 0.6) is 0 Å². The van der Waals surface area contributed by atoms with Crippen molar-refractivity contribution < 1.29 is 9.72 Å². The molecule has 0 saturated heterocycles. The van der Waals surface area contributed by atoms with Crippen LogP contribution in [0, 0.1) is 17.0 Å². The van der Waals surface area contributed by atoms with Gasteiger partial charge in [-0.3, -0.25) is 14.9 Å². The van der Waals surface area contributed by atoms with Gasteiger partial charge in [0, 0.05) is 23.3 Å². The van der Waals surface area contributed by atoms with Crippen molar-refractivity contribution in [2.45, 2.75) is 11.9 Å². The Morgan fingerprint density at radius 3 is 2.58 bits per heavy atom. The van der Waals surface area contributed by atoms with Gasteiger partial charge in [-0.15, -0.1) is 10.2 Å². The van der Waals surface area contributed by atoms with Gasteiger partial charge in [0.25, 0.3) is 5.69 Å². The summed E-state index contributed by atoms with van der Waals surface area (Å²) in [4.78, 5) is 22.5. The second kappa shape index (κ2) is 7.88. The van der Waals surface area contributed by atoms with Crippen molar-refractivity contribution in [3.8, 4) is 11.3 Å². The van der Waals surface area contributed by atoms with Crippen LogP contribution < -0.4 is 0 Å². The number of thioether (sulfide) groups is 1. The third kappa shape index (κ3) is 4.12. The zero-order valence-electron chi connectivity index (χ0n) is 14.0. The van der Waals surface area contributed by atoms with Gasteiger partial charge >= 0.3 is 0 Å². The largest absolute Gasteiger partial charge is 0.293 e. The van der Waals surface area contributed by atoms with Crippen LogP contribution in [-0.2, 0) is 0 Å². The molecule has 26 heavy (non-hydrogen) atoms. The molecule has 0 atom stereocenters. The minimum absolute atomic E-state index is 0.0942. The number of aryl methyl sites for hydroxylation is 1. The third-order valence-corrected chi connectivity index (χ3v) is 4.71. The Morgan fingerprint density at radius 1 is 1.08 bits per heavy atom. The van der Waals surface area contributed by atoms with Crippen LogP contribution in [0.3, 0.4) is 0 Å². The van der Waals surface area contributed by atoms with Gasteiger partial charge in [-0.1, -0.05) is 48.2 Å². The van der Waals surface area contributed by atoms with E-state index >= 15 is 0 Å². The van der Waals surface area contributed by atoms with Gasteiger partial charge in [-0.05, 0) is 24.6 Å². The molecule has 0 fully saturated rings. The number of carbonyl (C=O) groups is 1. The van der Waals surface area contributed by atoms with Crippen molar-refractivity contribution in [1.82, 2.24) is 10.2 Å². The highest BCUT2D eigenvalue weighted by molar-refractivity contribution is 7.99. The maximum absolute atomic E-state index is 12.2. The lowest BCUT2D eigenvalue weighted by atomic mass is 10.1. The number of aromatic nitrogens is 2. The summed E-state index contributed by atoms with van der Waals surface area (Å²) in [6.07, 6.45) is 0. The van der Waals surface area contributed by atoms with E-state index in [0.717, 1.165) is 16.8 Å². The lowest BCUT2D eigenvalue weighted by molar-refractivity contribution is -0.384. The first-order valence-corrected chi connectivity index (χ1v) is 8.83. The molecule has 130 valence electrons. The average Bonchev–Trinajstić information content (AvgIpc) is 2.67. The number of hydrogen-bond donors (Lipinski definition) is 0. The fraction of sp³-hybridized carbons (Fsp3) is 0.105. The Bertz CT molecular complexity index is 958. The van der Waals surface area contributed by atoms with Crippen LogP contribution in [0.4, 0.5) is 5.69 Å². The van der Waals surface area contributed by atoms with Gasteiger partial charge in [0.15, 0.2) is 5.78 Å². The molecule has 0 radical (unpaired) electrons. The molecule has 2 aromatic carbocycles. The van der Waals surface area contributed by atoms with Crippen LogP contribution in [0.25, 0.3) is 11.3 Å². The molecule has 1 heterocycles. The highest BCUT2D eigenvalue weighted by atomic mass is 32.2. The zero-order valence-corrected chi connectivity index (χ0v) is 14.8. The molecule has 0 saturated carbocycles. The summed E-state index contributed by atoms with van der Waals surface area (Å²) in [6.45, 7) is 2.01. The van der Waals surface area contributed by atoms with Gasteiger partial charge in [-0.2, -0.15) is 0 Å². The van der Waals surface area contributed by atoms with Crippen molar-refractivity contribution in [1.29, 1.82) is 0 Å². The predicted octanol–water partition coefficient (Wildman–Crippen LogP) is 4.34. The zero-order chi connectivity index (χ0) is 18.5. The van der Waals surface area contributed by atoms with Crippen molar-refractivity contribution in [2.75, 3.05) is 5.75 Å². The molecule has 0 aliphatic heterocycles. The second-order valence-corrected chi connectivity index (χ2v) is 6.59. The summed E-state index contributed by atoms with van der Waals surface area (Å²) in [6, 6.07) is 17.3. The monoisotopic (exact) mass is 365 g/mol. The van der Waals surface area contributed by atoms with Crippen LogP contribution in [0.15, 0.2) is 65.7 Å². The highest BCUT2D eigenvalue weighted by Gasteiger charge is 2.12. The number of nitro groups is 1. The smallest absolute Gasteiger partial charge is 0.270 e. The number of hydrogen-bond acceptors (Lipinski definition) is 6. The summed E-state index contributed by atoms with van der Waals surface area (Å²) < 4.78 is 0. The molecule has 3 rings (SSSR count). The van der Waals surface area contributed by atoms with E-state index in [1.54, 1.807) is 6.07 Å². The third-order valence-electron chi connectivity index (χ3n) is 3.79. The maximum Gasteiger partial charge on any atom is 0.270 e. The summed E-state index contributed by atoms with van der Waals surface area (Å²) in [5, 5.41) is 19.8. The van der Waals surface area contributed by atoms with E-state index in [2.05, 4.69) is 10.2 Å². The number of Topliss-reactive ketones (excluding diaryl/α,β-unsaturated/α-hetero) is 1. The first-order chi connectivity index (χ1) is 12.5. The highest BCUT2D eigenvalue weighted by Crippen LogP contribution is 2.23. The molecule has 0 aliphatic rings. The molecule has 0 bridgehead atoms. The Kier molecular flexibility index (Phi) is 5.38. The standard InChI is InChI=1S/C19H15N3O3S/c1-13-5-2-3-8-16(13)17-9-10-19(21-20-17)26-12-18(23)14-6-4-7-15(11-14)22(24)25/h2-11H,12H2,1H3. The molecule has 0 unspecified atom stereocenters. The first kappa shape index (κ1) is 17.8. The Balaban J connectivity index is 1.67. The summed E-state index contributed by atoms with van der Waals surface area (Å²) >= 11 is 1.25. The predicted molar refractivity (Wildman–Crippen MR) is 100 cm³/mol. The lowest BCUT2D eigenvalue weighted by Gasteiger charge is -2.05. The number of non-ortho nitro benzene ring substituents is 1. The normalized spacial score (nSPS) is 10.5. The van der Waals surface area contributed by atoms with Crippen molar-refractivity contribution in [2.24, 2.45) is 0 Å². The number of nitrogens with zero attached hydrogens (tertiary/aromatic N) is 3. The fourth-order valence-electron chi connectivity index (χ4n) is 2.42. The molecule has 0 amide bonds.